The van der Waals surface area contributed by atoms with E-state index in [1.54, 1.807) is 7.11 Å². The van der Waals surface area contributed by atoms with E-state index in [4.69, 9.17) is 4.43 Å². The summed E-state index contributed by atoms with van der Waals surface area (Å²) >= 11 is 0. The monoisotopic (exact) mass is 369 g/mol. The van der Waals surface area contributed by atoms with Crippen molar-refractivity contribution >= 4 is 14.2 Å². The fourth-order valence-electron chi connectivity index (χ4n) is 2.50. The molecular weight excluding hydrogens is 349 g/mol. The zero-order chi connectivity index (χ0) is 18.5. The Bertz CT molecular complexity index is 571. The van der Waals surface area contributed by atoms with E-state index in [1.807, 2.05) is 13.8 Å². The van der Waals surface area contributed by atoms with Gasteiger partial charge >= 0.3 is 0 Å². The highest BCUT2D eigenvalue weighted by molar-refractivity contribution is 6.73. The first-order valence-corrected chi connectivity index (χ1v) is 10.1. The molecule has 0 aromatic heterocycles. The summed E-state index contributed by atoms with van der Waals surface area (Å²) in [5.41, 5.74) is -1.47. The van der Waals surface area contributed by atoms with Crippen LogP contribution in [-0.2, 0) is 4.43 Å². The summed E-state index contributed by atoms with van der Waals surface area (Å²) in [7, 11) is -0.253. The van der Waals surface area contributed by atoms with Crippen LogP contribution in [0, 0.1) is 29.1 Å². The van der Waals surface area contributed by atoms with E-state index in [0.717, 1.165) is 12.1 Å². The van der Waals surface area contributed by atoms with Crippen LogP contribution < -0.4 is 5.32 Å². The van der Waals surface area contributed by atoms with Gasteiger partial charge in [0.05, 0.1) is 0 Å². The predicted molar refractivity (Wildman–Crippen MR) is 81.7 cm³/mol. The number of benzene rings is 1. The second-order valence-corrected chi connectivity index (χ2v) is 10.1. The molecule has 0 aliphatic rings. The van der Waals surface area contributed by atoms with Crippen molar-refractivity contribution in [2.24, 2.45) is 0 Å². The zero-order valence-electron chi connectivity index (χ0n) is 13.7. The SMILES string of the molecule is CC[Si](CC)(CCCNC(=O)c1c(F)c(F)c(F)c(F)c1F)OC. The Hall–Kier alpha value is -1.48. The van der Waals surface area contributed by atoms with Crippen molar-refractivity contribution in [3.63, 3.8) is 0 Å². The van der Waals surface area contributed by atoms with E-state index in [9.17, 15) is 26.7 Å². The lowest BCUT2D eigenvalue weighted by molar-refractivity contribution is 0.0941. The van der Waals surface area contributed by atoms with Gasteiger partial charge in [-0.1, -0.05) is 13.8 Å². The van der Waals surface area contributed by atoms with E-state index in [-0.39, 0.29) is 6.54 Å². The summed E-state index contributed by atoms with van der Waals surface area (Å²) in [6, 6.07) is 2.48. The number of hydrogen-bond acceptors (Lipinski definition) is 2. The lowest BCUT2D eigenvalue weighted by atomic mass is 10.1. The molecule has 0 atom stereocenters. The molecule has 1 rings (SSSR count). The minimum absolute atomic E-state index is 0.0520. The number of carbonyl (C=O) groups excluding carboxylic acids is 1. The second-order valence-electron chi connectivity index (χ2n) is 5.40. The molecule has 3 nitrogen and oxygen atoms in total. The maximum Gasteiger partial charge on any atom is 0.257 e. The van der Waals surface area contributed by atoms with Crippen LogP contribution in [0.15, 0.2) is 0 Å². The molecule has 0 radical (unpaired) electrons. The number of rotatable bonds is 8. The molecule has 0 aliphatic carbocycles. The Balaban J connectivity index is 2.77. The molecule has 1 amide bonds. The van der Waals surface area contributed by atoms with Gasteiger partial charge in [0.15, 0.2) is 31.6 Å². The van der Waals surface area contributed by atoms with Crippen LogP contribution in [0.4, 0.5) is 22.0 Å². The molecule has 0 saturated carbocycles. The van der Waals surface area contributed by atoms with Gasteiger partial charge in [-0.15, -0.1) is 0 Å². The fourth-order valence-corrected chi connectivity index (χ4v) is 5.31. The van der Waals surface area contributed by atoms with E-state index in [1.165, 1.54) is 0 Å². The van der Waals surface area contributed by atoms with Crippen molar-refractivity contribution in [2.75, 3.05) is 13.7 Å². The molecule has 1 N–H and O–H groups in total. The molecule has 0 saturated heterocycles. The van der Waals surface area contributed by atoms with Gasteiger partial charge in [0.25, 0.3) is 5.91 Å². The van der Waals surface area contributed by atoms with E-state index >= 15 is 0 Å². The Morgan fingerprint density at radius 2 is 1.42 bits per heavy atom. The van der Waals surface area contributed by atoms with E-state index in [0.29, 0.717) is 12.5 Å². The third kappa shape index (κ3) is 4.13. The van der Waals surface area contributed by atoms with Crippen LogP contribution in [0.1, 0.15) is 30.6 Å². The van der Waals surface area contributed by atoms with Gasteiger partial charge in [-0.25, -0.2) is 22.0 Å². The van der Waals surface area contributed by atoms with Gasteiger partial charge in [0, 0.05) is 13.7 Å². The highest BCUT2D eigenvalue weighted by Crippen LogP contribution is 2.24. The number of halogens is 5. The smallest absolute Gasteiger partial charge is 0.257 e. The predicted octanol–water partition coefficient (Wildman–Crippen LogP) is 4.13. The van der Waals surface area contributed by atoms with Crippen LogP contribution in [0.25, 0.3) is 0 Å². The normalized spacial score (nSPS) is 11.7. The van der Waals surface area contributed by atoms with Crippen molar-refractivity contribution in [3.8, 4) is 0 Å². The number of carbonyl (C=O) groups is 1. The summed E-state index contributed by atoms with van der Waals surface area (Å²) in [5.74, 6) is -12.2. The van der Waals surface area contributed by atoms with Gasteiger partial charge in [0.1, 0.15) is 5.56 Å². The molecule has 9 heteroatoms. The van der Waals surface area contributed by atoms with Gasteiger partial charge in [-0.05, 0) is 24.6 Å². The molecule has 0 fully saturated rings. The van der Waals surface area contributed by atoms with Crippen LogP contribution in [0.5, 0.6) is 0 Å². The third-order valence-corrected chi connectivity index (χ3v) is 8.96. The zero-order valence-corrected chi connectivity index (χ0v) is 14.7. The van der Waals surface area contributed by atoms with Gasteiger partial charge in [-0.3, -0.25) is 4.79 Å². The molecule has 24 heavy (non-hydrogen) atoms. The molecule has 0 spiro atoms. The second kappa shape index (κ2) is 8.57. The van der Waals surface area contributed by atoms with Crippen molar-refractivity contribution in [3.05, 3.63) is 34.6 Å². The summed E-state index contributed by atoms with van der Waals surface area (Å²) in [5, 5.41) is 2.19. The Kier molecular flexibility index (Phi) is 7.34. The first-order valence-electron chi connectivity index (χ1n) is 7.59. The van der Waals surface area contributed by atoms with E-state index in [2.05, 4.69) is 5.32 Å². The maximum absolute atomic E-state index is 13.5. The van der Waals surface area contributed by atoms with Crippen LogP contribution >= 0.6 is 0 Å². The highest BCUT2D eigenvalue weighted by atomic mass is 28.4. The third-order valence-electron chi connectivity index (χ3n) is 4.25. The van der Waals surface area contributed by atoms with Gasteiger partial charge < -0.3 is 9.74 Å². The van der Waals surface area contributed by atoms with Crippen molar-refractivity contribution < 1.29 is 31.2 Å². The first-order chi connectivity index (χ1) is 11.2. The quantitative estimate of drug-likeness (QED) is 0.246. The van der Waals surface area contributed by atoms with Crippen molar-refractivity contribution in [2.45, 2.75) is 38.4 Å². The van der Waals surface area contributed by atoms with Crippen molar-refractivity contribution in [1.82, 2.24) is 5.32 Å². The average Bonchev–Trinajstić information content (AvgIpc) is 2.59. The Labute approximate surface area is 138 Å². The maximum atomic E-state index is 13.5. The van der Waals surface area contributed by atoms with Crippen LogP contribution in [0.2, 0.25) is 18.1 Å². The largest absolute Gasteiger partial charge is 0.420 e. The number of nitrogens with one attached hydrogen (secondary N) is 1. The van der Waals surface area contributed by atoms with Crippen molar-refractivity contribution in [1.29, 1.82) is 0 Å². The lowest BCUT2D eigenvalue weighted by Crippen LogP contribution is -2.36. The minimum atomic E-state index is -2.29. The lowest BCUT2D eigenvalue weighted by Gasteiger charge is -2.27. The number of amides is 1. The highest BCUT2D eigenvalue weighted by Gasteiger charge is 2.31. The summed E-state index contributed by atoms with van der Waals surface area (Å²) < 4.78 is 71.7. The standard InChI is InChI=1S/C15H20F5NO2Si/c1-4-24(5-2,23-3)8-6-7-21-15(22)9-10(16)12(18)14(20)13(19)11(9)17/h4-8H2,1-3H3,(H,21,22). The molecule has 1 aromatic carbocycles. The molecule has 1 aromatic rings. The summed E-state index contributed by atoms with van der Waals surface area (Å²) in [4.78, 5) is 11.8. The van der Waals surface area contributed by atoms with E-state index < -0.39 is 48.9 Å². The van der Waals surface area contributed by atoms with Gasteiger partial charge in [-0.2, -0.15) is 0 Å². The number of hydrogen-bond donors (Lipinski definition) is 1. The molecule has 0 bridgehead atoms. The van der Waals surface area contributed by atoms with Gasteiger partial charge in [0.2, 0.25) is 5.82 Å². The molecule has 136 valence electrons. The average molecular weight is 369 g/mol. The summed E-state index contributed by atoms with van der Waals surface area (Å²) in [6.07, 6.45) is 0.489. The Morgan fingerprint density at radius 1 is 0.958 bits per heavy atom. The first kappa shape index (κ1) is 20.6. The molecule has 0 aliphatic heterocycles. The minimum Gasteiger partial charge on any atom is -0.420 e. The van der Waals surface area contributed by atoms with Crippen LogP contribution in [-0.4, -0.2) is 27.9 Å². The topological polar surface area (TPSA) is 38.3 Å². The Morgan fingerprint density at radius 3 is 1.83 bits per heavy atom. The molecule has 0 unspecified atom stereocenters. The van der Waals surface area contributed by atoms with Crippen LogP contribution in [0.3, 0.4) is 0 Å². The summed E-state index contributed by atoms with van der Waals surface area (Å²) in [6.45, 7) is 4.07. The molecule has 0 heterocycles. The fraction of sp³-hybridized carbons (Fsp3) is 0.533. The molecular formula is C15H20F5NO2Si.